The molecule has 1 aliphatic carbocycles. The third kappa shape index (κ3) is 2.43. The molecule has 0 bridgehead atoms. The van der Waals surface area contributed by atoms with Crippen LogP contribution in [0.1, 0.15) is 24.5 Å². The first-order valence-corrected chi connectivity index (χ1v) is 6.21. The van der Waals surface area contributed by atoms with Gasteiger partial charge in [-0.3, -0.25) is 4.79 Å². The normalized spacial score (nSPS) is 25.4. The number of carbonyl (C=O) groups is 1. The van der Waals surface area contributed by atoms with E-state index < -0.39 is 9.75 Å². The molecule has 17 heavy (non-hydrogen) atoms. The second-order valence-corrected chi connectivity index (χ2v) is 6.26. The Hall–Kier alpha value is -0.730. The molecule has 1 unspecified atom stereocenters. The lowest BCUT2D eigenvalue weighted by Crippen LogP contribution is -2.21. The molecule has 1 saturated carbocycles. The summed E-state index contributed by atoms with van der Waals surface area (Å²) >= 11 is 11.8. The van der Waals surface area contributed by atoms with Gasteiger partial charge < -0.3 is 4.74 Å². The number of hydrogen-bond acceptors (Lipinski definition) is 2. The van der Waals surface area contributed by atoms with Gasteiger partial charge in [-0.2, -0.15) is 0 Å². The molecule has 1 aromatic rings. The maximum absolute atomic E-state index is 11.8. The summed E-state index contributed by atoms with van der Waals surface area (Å²) in [6.45, 7) is 3.99. The quantitative estimate of drug-likeness (QED) is 0.621. The van der Waals surface area contributed by atoms with Gasteiger partial charge in [-0.05, 0) is 19.4 Å². The highest BCUT2D eigenvalue weighted by molar-refractivity contribution is 6.53. The lowest BCUT2D eigenvalue weighted by atomic mass is 10.1. The van der Waals surface area contributed by atoms with Gasteiger partial charge >= 0.3 is 5.97 Å². The number of alkyl halides is 2. The fraction of sp³-hybridized carbons (Fsp3) is 0.462. The minimum atomic E-state index is -0.962. The van der Waals surface area contributed by atoms with Crippen LogP contribution < -0.4 is 0 Å². The van der Waals surface area contributed by atoms with E-state index in [0.717, 1.165) is 11.1 Å². The molecule has 0 saturated heterocycles. The van der Waals surface area contributed by atoms with Gasteiger partial charge in [0, 0.05) is 6.42 Å². The molecule has 0 amide bonds. The molecular formula is C13H14Cl2O2. The summed E-state index contributed by atoms with van der Waals surface area (Å²) in [5.41, 5.74) is 1.36. The summed E-state index contributed by atoms with van der Waals surface area (Å²) in [7, 11) is 0. The van der Waals surface area contributed by atoms with Gasteiger partial charge in [0.25, 0.3) is 0 Å². The zero-order chi connectivity index (χ0) is 12.7. The van der Waals surface area contributed by atoms with Crippen molar-refractivity contribution in [3.8, 4) is 0 Å². The van der Waals surface area contributed by atoms with Crippen molar-refractivity contribution in [2.24, 2.45) is 5.41 Å². The second kappa shape index (κ2) is 4.18. The molecule has 1 fully saturated rings. The van der Waals surface area contributed by atoms with Crippen LogP contribution in [0.3, 0.4) is 0 Å². The van der Waals surface area contributed by atoms with Gasteiger partial charge in [0.15, 0.2) is 0 Å². The summed E-state index contributed by atoms with van der Waals surface area (Å²) in [5, 5.41) is 0. The molecule has 92 valence electrons. The van der Waals surface area contributed by atoms with Gasteiger partial charge in [0.1, 0.15) is 16.4 Å². The van der Waals surface area contributed by atoms with Crippen molar-refractivity contribution < 1.29 is 9.53 Å². The number of esters is 1. The van der Waals surface area contributed by atoms with Crippen molar-refractivity contribution >= 4 is 29.2 Å². The Balaban J connectivity index is 1.94. The van der Waals surface area contributed by atoms with Crippen molar-refractivity contribution in [1.29, 1.82) is 0 Å². The summed E-state index contributed by atoms with van der Waals surface area (Å²) in [6.07, 6.45) is 0.454. The van der Waals surface area contributed by atoms with Gasteiger partial charge in [-0.1, -0.05) is 29.8 Å². The van der Waals surface area contributed by atoms with E-state index >= 15 is 0 Å². The molecule has 0 spiro atoms. The van der Waals surface area contributed by atoms with Crippen LogP contribution in [-0.4, -0.2) is 10.3 Å². The average molecular weight is 273 g/mol. The Morgan fingerprint density at radius 1 is 1.47 bits per heavy atom. The SMILES string of the molecule is Cc1cccc(COC(=O)C2(C)CC2(Cl)Cl)c1. The van der Waals surface area contributed by atoms with Crippen LogP contribution in [0.15, 0.2) is 24.3 Å². The van der Waals surface area contributed by atoms with Crippen LogP contribution in [0, 0.1) is 12.3 Å². The van der Waals surface area contributed by atoms with Crippen molar-refractivity contribution in [2.45, 2.75) is 31.2 Å². The molecular weight excluding hydrogens is 259 g/mol. The summed E-state index contributed by atoms with van der Waals surface area (Å²) < 4.78 is 4.28. The van der Waals surface area contributed by atoms with Crippen molar-refractivity contribution in [3.05, 3.63) is 35.4 Å². The molecule has 0 heterocycles. The maximum atomic E-state index is 11.8. The van der Waals surface area contributed by atoms with E-state index in [2.05, 4.69) is 0 Å². The minimum absolute atomic E-state index is 0.264. The summed E-state index contributed by atoms with van der Waals surface area (Å²) in [6, 6.07) is 7.84. The van der Waals surface area contributed by atoms with Crippen LogP contribution in [0.2, 0.25) is 0 Å². The molecule has 0 N–H and O–H groups in total. The van der Waals surface area contributed by atoms with Crippen LogP contribution in [0.25, 0.3) is 0 Å². The Labute approximate surface area is 111 Å². The lowest BCUT2D eigenvalue weighted by Gasteiger charge is -2.12. The number of halogens is 2. The topological polar surface area (TPSA) is 26.3 Å². The fourth-order valence-electron chi connectivity index (χ4n) is 1.73. The van der Waals surface area contributed by atoms with E-state index in [1.807, 2.05) is 31.2 Å². The summed E-state index contributed by atoms with van der Waals surface area (Å²) in [5.74, 6) is -0.330. The van der Waals surface area contributed by atoms with Crippen LogP contribution in [0.5, 0.6) is 0 Å². The Bertz CT molecular complexity index is 456. The van der Waals surface area contributed by atoms with Gasteiger partial charge in [0.05, 0.1) is 0 Å². The summed E-state index contributed by atoms with van der Waals surface area (Å²) in [4.78, 5) is 11.8. The Morgan fingerprint density at radius 2 is 2.12 bits per heavy atom. The van der Waals surface area contributed by atoms with Gasteiger partial charge in [-0.25, -0.2) is 0 Å². The van der Waals surface area contributed by atoms with E-state index in [1.54, 1.807) is 6.92 Å². The van der Waals surface area contributed by atoms with Crippen LogP contribution >= 0.6 is 23.2 Å². The van der Waals surface area contributed by atoms with Crippen molar-refractivity contribution in [3.63, 3.8) is 0 Å². The molecule has 1 atom stereocenters. The van der Waals surface area contributed by atoms with Crippen molar-refractivity contribution in [2.75, 3.05) is 0 Å². The zero-order valence-corrected chi connectivity index (χ0v) is 11.3. The standard InChI is InChI=1S/C13H14Cl2O2/c1-9-4-3-5-10(6-9)7-17-11(16)12(2)8-13(12,14)15/h3-6H,7-8H2,1-2H3. The van der Waals surface area contributed by atoms with E-state index in [9.17, 15) is 4.79 Å². The lowest BCUT2D eigenvalue weighted by molar-refractivity contribution is -0.150. The molecule has 2 rings (SSSR count). The first kappa shape index (κ1) is 12.7. The molecule has 1 aliphatic rings. The van der Waals surface area contributed by atoms with Gasteiger partial charge in [0.2, 0.25) is 0 Å². The predicted molar refractivity (Wildman–Crippen MR) is 68.1 cm³/mol. The minimum Gasteiger partial charge on any atom is -0.460 e. The third-order valence-electron chi connectivity index (χ3n) is 3.16. The monoisotopic (exact) mass is 272 g/mol. The van der Waals surface area contributed by atoms with Crippen LogP contribution in [0.4, 0.5) is 0 Å². The molecule has 4 heteroatoms. The first-order chi connectivity index (χ1) is 7.85. The molecule has 0 aromatic heterocycles. The highest BCUT2D eigenvalue weighted by atomic mass is 35.5. The number of hydrogen-bond donors (Lipinski definition) is 0. The Morgan fingerprint density at radius 3 is 2.65 bits per heavy atom. The highest BCUT2D eigenvalue weighted by Crippen LogP contribution is 2.64. The number of rotatable bonds is 3. The van der Waals surface area contributed by atoms with Gasteiger partial charge in [-0.15, -0.1) is 23.2 Å². The fourth-order valence-corrected chi connectivity index (χ4v) is 2.42. The molecule has 2 nitrogen and oxygen atoms in total. The van der Waals surface area contributed by atoms with E-state index in [1.165, 1.54) is 0 Å². The second-order valence-electron chi connectivity index (χ2n) is 4.78. The predicted octanol–water partition coefficient (Wildman–Crippen LogP) is 3.62. The smallest absolute Gasteiger partial charge is 0.315 e. The van der Waals surface area contributed by atoms with E-state index in [4.69, 9.17) is 27.9 Å². The maximum Gasteiger partial charge on any atom is 0.315 e. The van der Waals surface area contributed by atoms with Crippen LogP contribution in [-0.2, 0) is 16.1 Å². The number of aryl methyl sites for hydroxylation is 1. The third-order valence-corrected chi connectivity index (χ3v) is 4.26. The number of benzene rings is 1. The van der Waals surface area contributed by atoms with E-state index in [0.29, 0.717) is 6.42 Å². The zero-order valence-electron chi connectivity index (χ0n) is 9.80. The Kier molecular flexibility index (Phi) is 3.13. The van der Waals surface area contributed by atoms with E-state index in [-0.39, 0.29) is 12.6 Å². The number of carbonyl (C=O) groups excluding carboxylic acids is 1. The first-order valence-electron chi connectivity index (χ1n) is 5.46. The average Bonchev–Trinajstić information content (AvgIpc) is 2.76. The molecule has 0 radical (unpaired) electrons. The molecule has 0 aliphatic heterocycles. The van der Waals surface area contributed by atoms with Crippen molar-refractivity contribution in [1.82, 2.24) is 0 Å². The number of ether oxygens (including phenoxy) is 1. The highest BCUT2D eigenvalue weighted by Gasteiger charge is 2.69. The molecule has 1 aromatic carbocycles. The largest absolute Gasteiger partial charge is 0.460 e.